The molecule has 0 aliphatic heterocycles. The van der Waals surface area contributed by atoms with Crippen LogP contribution in [0, 0.1) is 12.7 Å². The molecule has 0 saturated carbocycles. The highest BCUT2D eigenvalue weighted by molar-refractivity contribution is 5.47. The van der Waals surface area contributed by atoms with Crippen LogP contribution in [0.4, 0.5) is 10.2 Å². The Balaban J connectivity index is 2.08. The van der Waals surface area contributed by atoms with E-state index in [2.05, 4.69) is 22.2 Å². The fraction of sp³-hybridized carbons (Fsp3) is 0.333. The molecular formula is C15H18FN3O. The molecule has 5 heteroatoms. The summed E-state index contributed by atoms with van der Waals surface area (Å²) in [6.07, 6.45) is 2.45. The van der Waals surface area contributed by atoms with E-state index in [1.165, 1.54) is 12.4 Å². The Morgan fingerprint density at radius 3 is 2.80 bits per heavy atom. The average molecular weight is 275 g/mol. The van der Waals surface area contributed by atoms with Gasteiger partial charge < -0.3 is 10.1 Å². The number of halogens is 1. The van der Waals surface area contributed by atoms with E-state index in [-0.39, 0.29) is 12.4 Å². The van der Waals surface area contributed by atoms with Gasteiger partial charge in [0.2, 0.25) is 5.88 Å². The van der Waals surface area contributed by atoms with Gasteiger partial charge in [0.15, 0.2) is 0 Å². The van der Waals surface area contributed by atoms with Gasteiger partial charge in [-0.1, -0.05) is 25.1 Å². The molecule has 0 radical (unpaired) electrons. The molecule has 0 bridgehead atoms. The zero-order chi connectivity index (χ0) is 14.4. The fourth-order valence-electron chi connectivity index (χ4n) is 1.76. The molecule has 0 fully saturated rings. The fourth-order valence-corrected chi connectivity index (χ4v) is 1.76. The Morgan fingerprint density at radius 2 is 2.05 bits per heavy atom. The van der Waals surface area contributed by atoms with Gasteiger partial charge in [-0.25, -0.2) is 14.4 Å². The maximum atomic E-state index is 13.5. The topological polar surface area (TPSA) is 47.0 Å². The Bertz CT molecular complexity index is 575. The highest BCUT2D eigenvalue weighted by atomic mass is 19.1. The molecule has 106 valence electrons. The minimum atomic E-state index is -0.274. The summed E-state index contributed by atoms with van der Waals surface area (Å²) in [5.74, 6) is 0.954. The Labute approximate surface area is 118 Å². The first-order chi connectivity index (χ1) is 9.72. The van der Waals surface area contributed by atoms with Crippen molar-refractivity contribution in [3.8, 4) is 5.88 Å². The van der Waals surface area contributed by atoms with Crippen molar-refractivity contribution in [2.45, 2.75) is 26.9 Å². The lowest BCUT2D eigenvalue weighted by Gasteiger charge is -2.12. The molecule has 0 saturated heterocycles. The van der Waals surface area contributed by atoms with Gasteiger partial charge in [-0.2, -0.15) is 0 Å². The Kier molecular flexibility index (Phi) is 4.87. The Hall–Kier alpha value is -2.17. The van der Waals surface area contributed by atoms with Crippen molar-refractivity contribution in [2.24, 2.45) is 0 Å². The lowest BCUT2D eigenvalue weighted by molar-refractivity contribution is 0.285. The lowest BCUT2D eigenvalue weighted by Crippen LogP contribution is -2.07. The van der Waals surface area contributed by atoms with Crippen molar-refractivity contribution in [2.75, 3.05) is 11.9 Å². The predicted molar refractivity (Wildman–Crippen MR) is 76.3 cm³/mol. The van der Waals surface area contributed by atoms with Gasteiger partial charge >= 0.3 is 0 Å². The molecule has 0 atom stereocenters. The van der Waals surface area contributed by atoms with Crippen LogP contribution in [-0.2, 0) is 6.61 Å². The standard InChI is InChI=1S/C15H18FN3O/c1-3-8-17-14-11(2)15(19-10-18-14)20-9-12-6-4-5-7-13(12)16/h4-7,10H,3,8-9H2,1-2H3,(H,17,18,19). The second kappa shape index (κ2) is 6.84. The number of hydrogen-bond acceptors (Lipinski definition) is 4. The van der Waals surface area contributed by atoms with Gasteiger partial charge in [-0.3, -0.25) is 0 Å². The normalized spacial score (nSPS) is 10.3. The second-order valence-electron chi connectivity index (χ2n) is 4.46. The van der Waals surface area contributed by atoms with E-state index in [0.717, 1.165) is 24.3 Å². The third-order valence-electron chi connectivity index (χ3n) is 2.90. The average Bonchev–Trinajstić information content (AvgIpc) is 2.46. The van der Waals surface area contributed by atoms with Gasteiger partial charge in [0.25, 0.3) is 0 Å². The third-order valence-corrected chi connectivity index (χ3v) is 2.90. The summed E-state index contributed by atoms with van der Waals surface area (Å²) in [7, 11) is 0. The summed E-state index contributed by atoms with van der Waals surface area (Å²) in [5, 5.41) is 3.21. The van der Waals surface area contributed by atoms with E-state index < -0.39 is 0 Å². The van der Waals surface area contributed by atoms with Crippen LogP contribution in [0.1, 0.15) is 24.5 Å². The van der Waals surface area contributed by atoms with Gasteiger partial charge in [-0.15, -0.1) is 0 Å². The van der Waals surface area contributed by atoms with Gasteiger partial charge in [0.05, 0.1) is 5.56 Å². The monoisotopic (exact) mass is 275 g/mol. The molecule has 0 amide bonds. The summed E-state index contributed by atoms with van der Waals surface area (Å²) < 4.78 is 19.1. The van der Waals surface area contributed by atoms with Crippen LogP contribution in [-0.4, -0.2) is 16.5 Å². The summed E-state index contributed by atoms with van der Waals surface area (Å²) in [6, 6.07) is 6.55. The lowest BCUT2D eigenvalue weighted by atomic mass is 10.2. The van der Waals surface area contributed by atoms with Gasteiger partial charge in [-0.05, 0) is 19.4 Å². The summed E-state index contributed by atoms with van der Waals surface area (Å²) in [5.41, 5.74) is 1.34. The molecule has 1 heterocycles. The molecule has 2 rings (SSSR count). The number of ether oxygens (including phenoxy) is 1. The van der Waals surface area contributed by atoms with E-state index in [1.54, 1.807) is 18.2 Å². The zero-order valence-corrected chi connectivity index (χ0v) is 11.7. The molecule has 1 N–H and O–H groups in total. The van der Waals surface area contributed by atoms with Crippen molar-refractivity contribution in [1.82, 2.24) is 9.97 Å². The first-order valence-electron chi connectivity index (χ1n) is 6.64. The van der Waals surface area contributed by atoms with Crippen LogP contribution in [0.25, 0.3) is 0 Å². The van der Waals surface area contributed by atoms with Crippen molar-refractivity contribution >= 4 is 5.82 Å². The first-order valence-corrected chi connectivity index (χ1v) is 6.64. The van der Waals surface area contributed by atoms with Gasteiger partial charge in [0.1, 0.15) is 24.6 Å². The van der Waals surface area contributed by atoms with Crippen LogP contribution in [0.5, 0.6) is 5.88 Å². The molecule has 20 heavy (non-hydrogen) atoms. The molecule has 1 aromatic heterocycles. The molecule has 0 unspecified atom stereocenters. The van der Waals surface area contributed by atoms with E-state index in [9.17, 15) is 4.39 Å². The highest BCUT2D eigenvalue weighted by Gasteiger charge is 2.09. The second-order valence-corrected chi connectivity index (χ2v) is 4.46. The zero-order valence-electron chi connectivity index (χ0n) is 11.7. The molecule has 0 spiro atoms. The van der Waals surface area contributed by atoms with Crippen molar-refractivity contribution < 1.29 is 9.13 Å². The molecule has 0 aliphatic carbocycles. The number of nitrogens with one attached hydrogen (secondary N) is 1. The number of aromatic nitrogens is 2. The Morgan fingerprint density at radius 1 is 1.25 bits per heavy atom. The molecule has 2 aromatic rings. The number of nitrogens with zero attached hydrogens (tertiary/aromatic N) is 2. The number of hydrogen-bond donors (Lipinski definition) is 1. The van der Waals surface area contributed by atoms with E-state index in [1.807, 2.05) is 6.92 Å². The molecule has 1 aromatic carbocycles. The van der Waals surface area contributed by atoms with Crippen LogP contribution >= 0.6 is 0 Å². The minimum absolute atomic E-state index is 0.151. The van der Waals surface area contributed by atoms with E-state index in [0.29, 0.717) is 11.4 Å². The van der Waals surface area contributed by atoms with Crippen LogP contribution in [0.15, 0.2) is 30.6 Å². The van der Waals surface area contributed by atoms with Crippen LogP contribution in [0.2, 0.25) is 0 Å². The predicted octanol–water partition coefficient (Wildman–Crippen LogP) is 3.33. The number of rotatable bonds is 6. The molecule has 0 aliphatic rings. The number of benzene rings is 1. The summed E-state index contributed by atoms with van der Waals surface area (Å²) in [4.78, 5) is 8.27. The van der Waals surface area contributed by atoms with Crippen molar-refractivity contribution in [1.29, 1.82) is 0 Å². The quantitative estimate of drug-likeness (QED) is 0.878. The van der Waals surface area contributed by atoms with E-state index in [4.69, 9.17) is 4.74 Å². The largest absolute Gasteiger partial charge is 0.472 e. The minimum Gasteiger partial charge on any atom is -0.472 e. The molecular weight excluding hydrogens is 257 g/mol. The van der Waals surface area contributed by atoms with Crippen molar-refractivity contribution in [3.63, 3.8) is 0 Å². The van der Waals surface area contributed by atoms with Crippen LogP contribution in [0.3, 0.4) is 0 Å². The van der Waals surface area contributed by atoms with Gasteiger partial charge in [0, 0.05) is 12.1 Å². The smallest absolute Gasteiger partial charge is 0.221 e. The number of anilines is 1. The van der Waals surface area contributed by atoms with Crippen molar-refractivity contribution in [3.05, 3.63) is 47.5 Å². The third kappa shape index (κ3) is 3.44. The first kappa shape index (κ1) is 14.2. The SMILES string of the molecule is CCCNc1ncnc(OCc2ccccc2F)c1C. The van der Waals surface area contributed by atoms with E-state index >= 15 is 0 Å². The summed E-state index contributed by atoms with van der Waals surface area (Å²) >= 11 is 0. The highest BCUT2D eigenvalue weighted by Crippen LogP contribution is 2.21. The van der Waals surface area contributed by atoms with Crippen LogP contribution < -0.4 is 10.1 Å². The maximum Gasteiger partial charge on any atom is 0.221 e. The maximum absolute atomic E-state index is 13.5. The molecule has 4 nitrogen and oxygen atoms in total. The summed E-state index contributed by atoms with van der Waals surface area (Å²) in [6.45, 7) is 4.95.